The monoisotopic (exact) mass is 203 g/mol. The number of hydrogen-bond donors (Lipinski definition) is 0. The average Bonchev–Trinajstić information content (AvgIpc) is 2.27. The molecular formula is C12H13NO2. The van der Waals surface area contributed by atoms with E-state index in [0.717, 1.165) is 5.56 Å². The second kappa shape index (κ2) is 5.75. The Morgan fingerprint density at radius 3 is 2.73 bits per heavy atom. The molecule has 0 N–H and O–H groups in total. The zero-order valence-corrected chi connectivity index (χ0v) is 8.64. The predicted octanol–water partition coefficient (Wildman–Crippen LogP) is 2.53. The maximum atomic E-state index is 11.0. The third kappa shape index (κ3) is 3.77. The van der Waals surface area contributed by atoms with Gasteiger partial charge in [0.2, 0.25) is 0 Å². The SMILES string of the molecule is C=CCC(=O)O/N=C(\C)c1ccccc1. The number of nitrogens with zero attached hydrogens (tertiary/aromatic N) is 1. The van der Waals surface area contributed by atoms with Gasteiger partial charge in [0.05, 0.1) is 12.1 Å². The minimum absolute atomic E-state index is 0.172. The summed E-state index contributed by atoms with van der Waals surface area (Å²) in [5.41, 5.74) is 1.61. The van der Waals surface area contributed by atoms with Crippen LogP contribution in [0.25, 0.3) is 0 Å². The number of hydrogen-bond acceptors (Lipinski definition) is 3. The van der Waals surface area contributed by atoms with Crippen molar-refractivity contribution < 1.29 is 9.63 Å². The highest BCUT2D eigenvalue weighted by molar-refractivity contribution is 5.98. The molecule has 0 unspecified atom stereocenters. The van der Waals surface area contributed by atoms with Gasteiger partial charge in [-0.3, -0.25) is 0 Å². The Balaban J connectivity index is 2.61. The first-order valence-electron chi connectivity index (χ1n) is 4.65. The molecular weight excluding hydrogens is 190 g/mol. The van der Waals surface area contributed by atoms with Gasteiger partial charge in [-0.2, -0.15) is 0 Å². The van der Waals surface area contributed by atoms with Gasteiger partial charge >= 0.3 is 5.97 Å². The number of oxime groups is 1. The lowest BCUT2D eigenvalue weighted by Gasteiger charge is -1.99. The van der Waals surface area contributed by atoms with E-state index in [1.807, 2.05) is 30.3 Å². The molecule has 1 rings (SSSR count). The molecule has 15 heavy (non-hydrogen) atoms. The second-order valence-corrected chi connectivity index (χ2v) is 3.00. The van der Waals surface area contributed by atoms with Crippen LogP contribution < -0.4 is 0 Å². The van der Waals surface area contributed by atoms with E-state index >= 15 is 0 Å². The van der Waals surface area contributed by atoms with Crippen molar-refractivity contribution in [2.45, 2.75) is 13.3 Å². The van der Waals surface area contributed by atoms with E-state index in [9.17, 15) is 4.79 Å². The molecule has 0 saturated carbocycles. The van der Waals surface area contributed by atoms with Crippen LogP contribution in [-0.2, 0) is 9.63 Å². The van der Waals surface area contributed by atoms with Crippen molar-refractivity contribution in [1.82, 2.24) is 0 Å². The van der Waals surface area contributed by atoms with Gasteiger partial charge in [-0.25, -0.2) is 4.79 Å². The summed E-state index contributed by atoms with van der Waals surface area (Å²) in [4.78, 5) is 15.7. The van der Waals surface area contributed by atoms with E-state index in [2.05, 4.69) is 16.6 Å². The Hall–Kier alpha value is -1.90. The van der Waals surface area contributed by atoms with Gasteiger partial charge in [0.25, 0.3) is 0 Å². The molecule has 1 aromatic carbocycles. The lowest BCUT2D eigenvalue weighted by atomic mass is 10.1. The minimum Gasteiger partial charge on any atom is -0.318 e. The van der Waals surface area contributed by atoms with Crippen LogP contribution in [0.3, 0.4) is 0 Å². The first-order chi connectivity index (χ1) is 7.24. The molecule has 3 heteroatoms. The molecule has 3 nitrogen and oxygen atoms in total. The van der Waals surface area contributed by atoms with E-state index < -0.39 is 5.97 Å². The van der Waals surface area contributed by atoms with E-state index in [0.29, 0.717) is 5.71 Å². The van der Waals surface area contributed by atoms with Crippen LogP contribution in [-0.4, -0.2) is 11.7 Å². The van der Waals surface area contributed by atoms with Crippen LogP contribution in [0.1, 0.15) is 18.9 Å². The summed E-state index contributed by atoms with van der Waals surface area (Å²) >= 11 is 0. The van der Waals surface area contributed by atoms with Crippen LogP contribution in [0.4, 0.5) is 0 Å². The average molecular weight is 203 g/mol. The van der Waals surface area contributed by atoms with Crippen molar-refractivity contribution in [3.63, 3.8) is 0 Å². The van der Waals surface area contributed by atoms with Crippen LogP contribution in [0.15, 0.2) is 48.1 Å². The molecule has 0 amide bonds. The molecule has 0 atom stereocenters. The second-order valence-electron chi connectivity index (χ2n) is 3.00. The Bertz CT molecular complexity index is 368. The minimum atomic E-state index is -0.403. The van der Waals surface area contributed by atoms with Crippen molar-refractivity contribution in [3.05, 3.63) is 48.6 Å². The van der Waals surface area contributed by atoms with E-state index in [1.165, 1.54) is 6.08 Å². The predicted molar refractivity (Wildman–Crippen MR) is 59.6 cm³/mol. The molecule has 0 aromatic heterocycles. The normalized spacial score (nSPS) is 10.9. The zero-order chi connectivity index (χ0) is 11.1. The summed E-state index contributed by atoms with van der Waals surface area (Å²) in [5.74, 6) is -0.403. The maximum Gasteiger partial charge on any atom is 0.338 e. The van der Waals surface area contributed by atoms with Crippen LogP contribution in [0.2, 0.25) is 0 Å². The summed E-state index contributed by atoms with van der Waals surface area (Å²) in [6.45, 7) is 5.22. The van der Waals surface area contributed by atoms with Gasteiger partial charge in [0.1, 0.15) is 0 Å². The largest absolute Gasteiger partial charge is 0.338 e. The Labute approximate surface area is 89.1 Å². The van der Waals surface area contributed by atoms with Gasteiger partial charge in [-0.1, -0.05) is 41.6 Å². The fourth-order valence-corrected chi connectivity index (χ4v) is 1.01. The molecule has 0 radical (unpaired) electrons. The van der Waals surface area contributed by atoms with Crippen molar-refractivity contribution >= 4 is 11.7 Å². The summed E-state index contributed by atoms with van der Waals surface area (Å²) in [7, 11) is 0. The molecule has 0 saturated heterocycles. The topological polar surface area (TPSA) is 38.7 Å². The van der Waals surface area contributed by atoms with Crippen LogP contribution >= 0.6 is 0 Å². The van der Waals surface area contributed by atoms with Gasteiger partial charge in [0.15, 0.2) is 0 Å². The molecule has 0 aliphatic rings. The summed E-state index contributed by atoms with van der Waals surface area (Å²) < 4.78 is 0. The van der Waals surface area contributed by atoms with Gasteiger partial charge in [-0.05, 0) is 12.5 Å². The number of rotatable bonds is 4. The lowest BCUT2D eigenvalue weighted by molar-refractivity contribution is -0.142. The molecule has 0 fully saturated rings. The summed E-state index contributed by atoms with van der Waals surface area (Å²) in [6, 6.07) is 9.53. The van der Waals surface area contributed by atoms with Crippen molar-refractivity contribution in [2.75, 3.05) is 0 Å². The number of carbonyl (C=O) groups excluding carboxylic acids is 1. The maximum absolute atomic E-state index is 11.0. The molecule has 0 aliphatic carbocycles. The first-order valence-corrected chi connectivity index (χ1v) is 4.65. The third-order valence-electron chi connectivity index (χ3n) is 1.79. The van der Waals surface area contributed by atoms with Crippen molar-refractivity contribution in [2.24, 2.45) is 5.16 Å². The van der Waals surface area contributed by atoms with Gasteiger partial charge < -0.3 is 4.84 Å². The number of carbonyl (C=O) groups is 1. The fourth-order valence-electron chi connectivity index (χ4n) is 1.01. The molecule has 0 spiro atoms. The summed E-state index contributed by atoms with van der Waals surface area (Å²) in [6.07, 6.45) is 1.65. The molecule has 78 valence electrons. The third-order valence-corrected chi connectivity index (χ3v) is 1.79. The van der Waals surface area contributed by atoms with Crippen LogP contribution in [0.5, 0.6) is 0 Å². The highest BCUT2D eigenvalue weighted by Gasteiger charge is 2.00. The highest BCUT2D eigenvalue weighted by atomic mass is 16.7. The Morgan fingerprint density at radius 2 is 2.13 bits per heavy atom. The van der Waals surface area contributed by atoms with E-state index in [1.54, 1.807) is 6.92 Å². The number of benzene rings is 1. The highest BCUT2D eigenvalue weighted by Crippen LogP contribution is 2.01. The summed E-state index contributed by atoms with van der Waals surface area (Å²) in [5, 5.41) is 3.73. The molecule has 1 aromatic rings. The van der Waals surface area contributed by atoms with Crippen molar-refractivity contribution in [1.29, 1.82) is 0 Å². The molecule has 0 bridgehead atoms. The smallest absolute Gasteiger partial charge is 0.318 e. The van der Waals surface area contributed by atoms with E-state index in [-0.39, 0.29) is 6.42 Å². The Kier molecular flexibility index (Phi) is 4.29. The van der Waals surface area contributed by atoms with Crippen molar-refractivity contribution in [3.8, 4) is 0 Å². The Morgan fingerprint density at radius 1 is 1.47 bits per heavy atom. The van der Waals surface area contributed by atoms with Gasteiger partial charge in [-0.15, -0.1) is 6.58 Å². The standard InChI is InChI=1S/C12H13NO2/c1-3-7-12(14)15-13-10(2)11-8-5-4-6-9-11/h3-6,8-9H,1,7H2,2H3/b13-10+. The van der Waals surface area contributed by atoms with Crippen LogP contribution in [0, 0.1) is 0 Å². The quantitative estimate of drug-likeness (QED) is 0.326. The van der Waals surface area contributed by atoms with E-state index in [4.69, 9.17) is 0 Å². The van der Waals surface area contributed by atoms with Gasteiger partial charge in [0, 0.05) is 0 Å². The molecule has 0 aliphatic heterocycles. The molecule has 0 heterocycles. The first kappa shape index (κ1) is 11.2. The fraction of sp³-hybridized carbons (Fsp3) is 0.167. The lowest BCUT2D eigenvalue weighted by Crippen LogP contribution is -2.01. The zero-order valence-electron chi connectivity index (χ0n) is 8.64.